The number of rotatable bonds is 5. The van der Waals surface area contributed by atoms with Crippen molar-refractivity contribution in [3.8, 4) is 5.69 Å². The number of anilines is 1. The summed E-state index contributed by atoms with van der Waals surface area (Å²) in [4.78, 5) is 0. The highest BCUT2D eigenvalue weighted by molar-refractivity contribution is 6.30. The Morgan fingerprint density at radius 2 is 2.26 bits per heavy atom. The minimum Gasteiger partial charge on any atom is -0.381 e. The molecular weight excluding hydrogens is 314 g/mol. The van der Waals surface area contributed by atoms with E-state index in [4.69, 9.17) is 11.6 Å². The minimum absolute atomic E-state index is 0.557. The molecule has 2 aromatic heterocycles. The molecule has 2 heterocycles. The molecular formula is C15H16ClN7. The predicted molar refractivity (Wildman–Crippen MR) is 86.8 cm³/mol. The summed E-state index contributed by atoms with van der Waals surface area (Å²) in [6.45, 7) is 2.69. The van der Waals surface area contributed by atoms with Crippen molar-refractivity contribution >= 4 is 17.3 Å². The van der Waals surface area contributed by atoms with Gasteiger partial charge >= 0.3 is 0 Å². The van der Waals surface area contributed by atoms with E-state index in [0.717, 1.165) is 22.5 Å². The quantitative estimate of drug-likeness (QED) is 0.752. The van der Waals surface area contributed by atoms with Gasteiger partial charge in [0, 0.05) is 29.4 Å². The van der Waals surface area contributed by atoms with Gasteiger partial charge in [0.05, 0.1) is 5.69 Å². The van der Waals surface area contributed by atoms with Gasteiger partial charge in [0.2, 0.25) is 0 Å². The van der Waals surface area contributed by atoms with Gasteiger partial charge in [-0.3, -0.25) is 5.10 Å². The summed E-state index contributed by atoms with van der Waals surface area (Å²) in [7, 11) is 0. The fourth-order valence-electron chi connectivity index (χ4n) is 2.72. The van der Waals surface area contributed by atoms with Crippen molar-refractivity contribution < 1.29 is 0 Å². The molecule has 4 rings (SSSR count). The van der Waals surface area contributed by atoms with Crippen molar-refractivity contribution in [1.29, 1.82) is 0 Å². The first-order valence-corrected chi connectivity index (χ1v) is 7.90. The monoisotopic (exact) mass is 329 g/mol. The van der Waals surface area contributed by atoms with E-state index < -0.39 is 0 Å². The zero-order chi connectivity index (χ0) is 15.8. The lowest BCUT2D eigenvalue weighted by Gasteiger charge is -2.10. The number of aromatic nitrogens is 6. The zero-order valence-electron chi connectivity index (χ0n) is 12.6. The molecule has 0 amide bonds. The number of aryl methyl sites for hydroxylation is 1. The second-order valence-electron chi connectivity index (χ2n) is 5.79. The topological polar surface area (TPSA) is 84.3 Å². The number of tetrazole rings is 1. The molecule has 3 aromatic rings. The number of halogens is 1. The number of hydrogen-bond acceptors (Lipinski definition) is 5. The third-order valence-electron chi connectivity index (χ3n) is 4.10. The van der Waals surface area contributed by atoms with Crippen LogP contribution in [0.4, 0.5) is 5.69 Å². The van der Waals surface area contributed by atoms with Crippen LogP contribution in [-0.2, 0) is 6.54 Å². The van der Waals surface area contributed by atoms with Crippen LogP contribution in [0, 0.1) is 6.92 Å². The summed E-state index contributed by atoms with van der Waals surface area (Å²) in [5, 5.41) is 22.4. The maximum atomic E-state index is 6.20. The van der Waals surface area contributed by atoms with Crippen molar-refractivity contribution in [1.82, 2.24) is 30.4 Å². The van der Waals surface area contributed by atoms with Gasteiger partial charge in [0.1, 0.15) is 6.33 Å². The fourth-order valence-corrected chi connectivity index (χ4v) is 2.93. The van der Waals surface area contributed by atoms with Crippen molar-refractivity contribution in [2.24, 2.45) is 0 Å². The van der Waals surface area contributed by atoms with Gasteiger partial charge < -0.3 is 5.32 Å². The van der Waals surface area contributed by atoms with Gasteiger partial charge in [-0.05, 0) is 54.0 Å². The number of nitrogens with zero attached hydrogens (tertiary/aromatic N) is 5. The highest BCUT2D eigenvalue weighted by Gasteiger charge is 2.29. The summed E-state index contributed by atoms with van der Waals surface area (Å²) in [6.07, 6.45) is 4.01. The molecule has 7 nitrogen and oxygen atoms in total. The maximum absolute atomic E-state index is 6.20. The molecule has 0 aliphatic heterocycles. The molecule has 1 aliphatic rings. The second-order valence-corrected chi connectivity index (χ2v) is 6.15. The number of H-pyrrole nitrogens is 1. The number of nitrogens with one attached hydrogen (secondary N) is 2. The molecule has 0 bridgehead atoms. The van der Waals surface area contributed by atoms with E-state index in [0.29, 0.717) is 17.6 Å². The first-order valence-electron chi connectivity index (χ1n) is 7.53. The van der Waals surface area contributed by atoms with E-state index >= 15 is 0 Å². The van der Waals surface area contributed by atoms with Gasteiger partial charge in [0.15, 0.2) is 5.15 Å². The average Bonchev–Trinajstić information content (AvgIpc) is 3.11. The Labute approximate surface area is 138 Å². The summed E-state index contributed by atoms with van der Waals surface area (Å²) in [5.41, 5.74) is 5.31. The van der Waals surface area contributed by atoms with Gasteiger partial charge in [-0.1, -0.05) is 11.6 Å². The van der Waals surface area contributed by atoms with Crippen LogP contribution in [0.15, 0.2) is 24.5 Å². The second kappa shape index (κ2) is 5.66. The van der Waals surface area contributed by atoms with E-state index in [1.54, 1.807) is 11.0 Å². The van der Waals surface area contributed by atoms with Crippen molar-refractivity contribution in [2.45, 2.75) is 32.2 Å². The Bertz CT molecular complexity index is 820. The zero-order valence-corrected chi connectivity index (χ0v) is 13.4. The molecule has 1 aliphatic carbocycles. The predicted octanol–water partition coefficient (Wildman–Crippen LogP) is 2.84. The molecule has 0 unspecified atom stereocenters. The highest BCUT2D eigenvalue weighted by atomic mass is 35.5. The third kappa shape index (κ3) is 2.79. The van der Waals surface area contributed by atoms with Crippen molar-refractivity contribution in [3.63, 3.8) is 0 Å². The van der Waals surface area contributed by atoms with E-state index in [-0.39, 0.29) is 0 Å². The van der Waals surface area contributed by atoms with Crippen LogP contribution >= 0.6 is 11.6 Å². The van der Waals surface area contributed by atoms with Crippen molar-refractivity contribution in [2.75, 3.05) is 5.32 Å². The number of hydrogen-bond donors (Lipinski definition) is 2. The van der Waals surface area contributed by atoms with Crippen LogP contribution in [-0.4, -0.2) is 30.4 Å². The van der Waals surface area contributed by atoms with Gasteiger partial charge in [-0.2, -0.15) is 5.10 Å². The molecule has 118 valence electrons. The van der Waals surface area contributed by atoms with Crippen LogP contribution in [0.5, 0.6) is 0 Å². The Morgan fingerprint density at radius 3 is 2.96 bits per heavy atom. The Kier molecular flexibility index (Phi) is 3.49. The molecule has 23 heavy (non-hydrogen) atoms. The third-order valence-corrected chi connectivity index (χ3v) is 4.41. The first-order chi connectivity index (χ1) is 11.2. The smallest absolute Gasteiger partial charge is 0.156 e. The fraction of sp³-hybridized carbons (Fsp3) is 0.333. The van der Waals surface area contributed by atoms with Crippen molar-refractivity contribution in [3.05, 3.63) is 46.5 Å². The summed E-state index contributed by atoms with van der Waals surface area (Å²) >= 11 is 6.20. The van der Waals surface area contributed by atoms with E-state index in [2.05, 4.69) is 37.1 Å². The number of benzene rings is 1. The summed E-state index contributed by atoms with van der Waals surface area (Å²) in [5.74, 6) is 0.593. The molecule has 0 radical (unpaired) electrons. The molecule has 1 fully saturated rings. The highest BCUT2D eigenvalue weighted by Crippen LogP contribution is 2.42. The van der Waals surface area contributed by atoms with Gasteiger partial charge in [-0.25, -0.2) is 4.68 Å². The molecule has 0 saturated heterocycles. The van der Waals surface area contributed by atoms with E-state index in [9.17, 15) is 0 Å². The Hall–Kier alpha value is -2.41. The molecule has 8 heteroatoms. The largest absolute Gasteiger partial charge is 0.381 e. The molecule has 1 aromatic carbocycles. The van der Waals surface area contributed by atoms with Crippen LogP contribution < -0.4 is 5.32 Å². The molecule has 2 N–H and O–H groups in total. The summed E-state index contributed by atoms with van der Waals surface area (Å²) < 4.78 is 1.65. The van der Waals surface area contributed by atoms with E-state index in [1.807, 2.05) is 19.1 Å². The van der Waals surface area contributed by atoms with Crippen LogP contribution in [0.3, 0.4) is 0 Å². The minimum atomic E-state index is 0.557. The van der Waals surface area contributed by atoms with Gasteiger partial charge in [-0.15, -0.1) is 5.10 Å². The standard InChI is InChI=1S/C15H16ClN7/c1-9-6-11(4-5-13(9)23-8-18-21-22-23)17-7-12-14(10-2-3-10)19-20-15(12)16/h4-6,8,10,17H,2-3,7H2,1H3,(H,19,20). The summed E-state index contributed by atoms with van der Waals surface area (Å²) in [6, 6.07) is 6.07. The van der Waals surface area contributed by atoms with E-state index in [1.165, 1.54) is 18.5 Å². The lowest BCUT2D eigenvalue weighted by Crippen LogP contribution is -2.03. The Balaban J connectivity index is 1.52. The molecule has 0 spiro atoms. The lowest BCUT2D eigenvalue weighted by molar-refractivity contribution is 0.785. The van der Waals surface area contributed by atoms with Crippen LogP contribution in [0.1, 0.15) is 35.6 Å². The Morgan fingerprint density at radius 1 is 1.39 bits per heavy atom. The molecule has 1 saturated carbocycles. The number of aromatic amines is 1. The van der Waals surface area contributed by atoms with Crippen LogP contribution in [0.2, 0.25) is 5.15 Å². The molecule has 0 atom stereocenters. The maximum Gasteiger partial charge on any atom is 0.156 e. The van der Waals surface area contributed by atoms with Crippen LogP contribution in [0.25, 0.3) is 5.69 Å². The van der Waals surface area contributed by atoms with Gasteiger partial charge in [0.25, 0.3) is 0 Å². The first kappa shape index (κ1) is 14.2. The normalized spacial score (nSPS) is 14.2. The lowest BCUT2D eigenvalue weighted by atomic mass is 10.1. The SMILES string of the molecule is Cc1cc(NCc2c(Cl)n[nH]c2C2CC2)ccc1-n1cnnn1. The average molecular weight is 330 g/mol.